The molecule has 0 aromatic heterocycles. The van der Waals surface area contributed by atoms with Gasteiger partial charge in [-0.15, -0.1) is 0 Å². The van der Waals surface area contributed by atoms with Crippen molar-refractivity contribution in [1.29, 1.82) is 0 Å². The molecule has 2 aliphatic heterocycles. The summed E-state index contributed by atoms with van der Waals surface area (Å²) >= 11 is 0. The number of aliphatic carboxylic acids is 1. The molecular formula is C26H22NNaO6. The maximum atomic E-state index is 12.7. The van der Waals surface area contributed by atoms with Crippen LogP contribution in [-0.2, 0) is 9.59 Å². The van der Waals surface area contributed by atoms with E-state index in [4.69, 9.17) is 4.74 Å². The number of allylic oxidation sites excluding steroid dienone is 1. The van der Waals surface area contributed by atoms with Crippen LogP contribution < -0.4 is 39.4 Å². The quantitative estimate of drug-likeness (QED) is 0.357. The minimum atomic E-state index is -1.42. The third-order valence-electron chi connectivity index (χ3n) is 6.76. The molecule has 1 N–H and O–H groups in total. The minimum Gasteiger partial charge on any atom is -0.543 e. The van der Waals surface area contributed by atoms with Gasteiger partial charge in [-0.3, -0.25) is 9.59 Å². The number of benzene rings is 2. The van der Waals surface area contributed by atoms with Crippen LogP contribution in [0.2, 0.25) is 0 Å². The summed E-state index contributed by atoms with van der Waals surface area (Å²) in [5, 5.41) is 21.7. The summed E-state index contributed by atoms with van der Waals surface area (Å²) in [5.74, 6) is -2.18. The van der Waals surface area contributed by atoms with Crippen molar-refractivity contribution in [3.05, 3.63) is 77.0 Å². The Morgan fingerprint density at radius 2 is 1.82 bits per heavy atom. The van der Waals surface area contributed by atoms with E-state index in [9.17, 15) is 24.6 Å². The molecule has 1 fully saturated rings. The van der Waals surface area contributed by atoms with Crippen molar-refractivity contribution in [3.8, 4) is 16.9 Å². The van der Waals surface area contributed by atoms with Gasteiger partial charge < -0.3 is 24.6 Å². The van der Waals surface area contributed by atoms with Crippen molar-refractivity contribution in [1.82, 2.24) is 4.90 Å². The van der Waals surface area contributed by atoms with Gasteiger partial charge in [-0.1, -0.05) is 49.4 Å². The van der Waals surface area contributed by atoms with Gasteiger partial charge in [-0.2, -0.15) is 0 Å². The molecule has 8 heteroatoms. The molecule has 168 valence electrons. The second kappa shape index (κ2) is 9.15. The molecule has 2 aromatic rings. The normalized spacial score (nSPS) is 23.3. The molecule has 5 rings (SSSR count). The first-order chi connectivity index (χ1) is 15.8. The Hall–Kier alpha value is -2.71. The maximum absolute atomic E-state index is 12.7. The topological polar surface area (TPSA) is 107 Å². The van der Waals surface area contributed by atoms with E-state index in [1.165, 1.54) is 11.8 Å². The van der Waals surface area contributed by atoms with Crippen LogP contribution >= 0.6 is 0 Å². The fourth-order valence-corrected chi connectivity index (χ4v) is 5.28. The van der Waals surface area contributed by atoms with E-state index in [-0.39, 0.29) is 53.6 Å². The summed E-state index contributed by atoms with van der Waals surface area (Å²) in [4.78, 5) is 38.1. The SMILES string of the molecule is CC(O)C1C(=O)N2C(C(=O)[O-])=C(/C=C/COc3cccc4c3-c3ccccc3C4=O)C(C)[C@H]12.[Na+]. The molecule has 0 radical (unpaired) electrons. The number of rotatable bonds is 6. The predicted octanol–water partition coefficient (Wildman–Crippen LogP) is -1.30. The molecule has 1 amide bonds. The zero-order valence-corrected chi connectivity index (χ0v) is 21.1. The monoisotopic (exact) mass is 467 g/mol. The van der Waals surface area contributed by atoms with Crippen molar-refractivity contribution in [2.45, 2.75) is 26.0 Å². The average Bonchev–Trinajstić information content (AvgIpc) is 3.21. The Kier molecular flexibility index (Phi) is 6.57. The zero-order valence-electron chi connectivity index (χ0n) is 19.1. The van der Waals surface area contributed by atoms with E-state index in [0.29, 0.717) is 22.4 Å². The first-order valence-electron chi connectivity index (χ1n) is 10.9. The first kappa shape index (κ1) is 24.4. The number of hydrogen-bond donors (Lipinski definition) is 1. The van der Waals surface area contributed by atoms with Crippen molar-refractivity contribution < 1.29 is 58.9 Å². The second-order valence-electron chi connectivity index (χ2n) is 8.61. The first-order valence-corrected chi connectivity index (χ1v) is 10.9. The number of carboxylic acids is 1. The van der Waals surface area contributed by atoms with Gasteiger partial charge in [0.25, 0.3) is 0 Å². The van der Waals surface area contributed by atoms with E-state index < -0.39 is 29.9 Å². The number of nitrogens with zero attached hydrogens (tertiary/aromatic N) is 1. The summed E-state index contributed by atoms with van der Waals surface area (Å²) in [5.41, 5.74) is 3.14. The fraction of sp³-hybridized carbons (Fsp3) is 0.269. The molecule has 7 nitrogen and oxygen atoms in total. The van der Waals surface area contributed by atoms with E-state index in [2.05, 4.69) is 0 Å². The van der Waals surface area contributed by atoms with Gasteiger partial charge in [-0.25, -0.2) is 0 Å². The zero-order chi connectivity index (χ0) is 23.4. The van der Waals surface area contributed by atoms with E-state index >= 15 is 0 Å². The molecule has 3 unspecified atom stereocenters. The molecule has 1 saturated heterocycles. The van der Waals surface area contributed by atoms with Crippen molar-refractivity contribution in [3.63, 3.8) is 0 Å². The third-order valence-corrected chi connectivity index (χ3v) is 6.76. The minimum absolute atomic E-state index is 0. The van der Waals surface area contributed by atoms with E-state index in [0.717, 1.165) is 11.1 Å². The van der Waals surface area contributed by atoms with Gasteiger partial charge in [-0.05, 0) is 30.2 Å². The number of carboxylic acid groups (broad SMARTS) is 1. The number of amides is 1. The number of carbonyl (C=O) groups is 3. The Morgan fingerprint density at radius 1 is 1.15 bits per heavy atom. The molecule has 34 heavy (non-hydrogen) atoms. The van der Waals surface area contributed by atoms with E-state index in [1.54, 1.807) is 36.4 Å². The molecule has 0 saturated carbocycles. The molecular weight excluding hydrogens is 445 g/mol. The maximum Gasteiger partial charge on any atom is 1.00 e. The number of aliphatic hydroxyl groups is 1. The predicted molar refractivity (Wildman–Crippen MR) is 117 cm³/mol. The average molecular weight is 467 g/mol. The molecule has 0 spiro atoms. The van der Waals surface area contributed by atoms with Gasteiger partial charge in [0.15, 0.2) is 5.78 Å². The smallest absolute Gasteiger partial charge is 0.543 e. The van der Waals surface area contributed by atoms with Crippen LogP contribution in [0.4, 0.5) is 0 Å². The van der Waals surface area contributed by atoms with Crippen LogP contribution in [-0.4, -0.2) is 46.4 Å². The number of fused-ring (bicyclic) bond motifs is 4. The Labute approximate surface area is 219 Å². The number of β-lactam (4-membered cyclic amide) rings is 1. The van der Waals surface area contributed by atoms with Crippen LogP contribution in [0.5, 0.6) is 5.75 Å². The van der Waals surface area contributed by atoms with Gasteiger partial charge in [0.2, 0.25) is 5.91 Å². The van der Waals surface area contributed by atoms with Crippen molar-refractivity contribution in [2.24, 2.45) is 11.8 Å². The molecule has 2 heterocycles. The van der Waals surface area contributed by atoms with Gasteiger partial charge in [0.05, 0.1) is 29.7 Å². The summed E-state index contributed by atoms with van der Waals surface area (Å²) in [7, 11) is 0. The summed E-state index contributed by atoms with van der Waals surface area (Å²) in [6.07, 6.45) is 2.47. The third kappa shape index (κ3) is 3.55. The Bertz CT molecular complexity index is 1260. The Balaban J connectivity index is 0.00000274. The van der Waals surface area contributed by atoms with Crippen LogP contribution in [0, 0.1) is 11.8 Å². The molecule has 3 aliphatic rings. The van der Waals surface area contributed by atoms with Crippen LogP contribution in [0.15, 0.2) is 65.9 Å². The summed E-state index contributed by atoms with van der Waals surface area (Å²) in [6, 6.07) is 12.3. The molecule has 4 atom stereocenters. The van der Waals surface area contributed by atoms with Gasteiger partial charge >= 0.3 is 29.6 Å². The van der Waals surface area contributed by atoms with E-state index in [1.807, 2.05) is 25.1 Å². The molecule has 1 aliphatic carbocycles. The molecule has 0 bridgehead atoms. The summed E-state index contributed by atoms with van der Waals surface area (Å²) in [6.45, 7) is 3.51. The standard InChI is InChI=1S/C26H23NO6.Na/c1-13-15(23(26(31)32)27-22(13)20(14(2)28)25(27)30)10-6-12-33-19-11-5-9-18-21(19)16-7-3-4-8-17(16)24(18)29;/h3-11,13-14,20,22,28H,12H2,1-2H3,(H,31,32);/q;+1/p-1/b10-6+;/t13?,14?,20?,22-;/m1./s1. The second-order valence-corrected chi connectivity index (χ2v) is 8.61. The number of hydrogen-bond acceptors (Lipinski definition) is 6. The van der Waals surface area contributed by atoms with Gasteiger partial charge in [0.1, 0.15) is 12.4 Å². The largest absolute Gasteiger partial charge is 1.00 e. The number of aliphatic hydroxyl groups excluding tert-OH is 1. The van der Waals surface area contributed by atoms with Crippen LogP contribution in [0.1, 0.15) is 29.8 Å². The van der Waals surface area contributed by atoms with Crippen molar-refractivity contribution >= 4 is 17.7 Å². The number of ether oxygens (including phenoxy) is 1. The van der Waals surface area contributed by atoms with Gasteiger partial charge in [0, 0.05) is 22.6 Å². The van der Waals surface area contributed by atoms with Crippen LogP contribution in [0.3, 0.4) is 0 Å². The Morgan fingerprint density at radius 3 is 2.50 bits per heavy atom. The van der Waals surface area contributed by atoms with Crippen molar-refractivity contribution in [2.75, 3.05) is 6.61 Å². The number of ketones is 1. The summed E-state index contributed by atoms with van der Waals surface area (Å²) < 4.78 is 5.95. The number of carbonyl (C=O) groups excluding carboxylic acids is 3. The van der Waals surface area contributed by atoms with Crippen LogP contribution in [0.25, 0.3) is 11.1 Å². The molecule has 2 aromatic carbocycles. The fourth-order valence-electron chi connectivity index (χ4n) is 5.28.